The van der Waals surface area contributed by atoms with Gasteiger partial charge in [-0.15, -0.1) is 10.2 Å². The van der Waals surface area contributed by atoms with Crippen LogP contribution in [0.2, 0.25) is 0 Å². The Morgan fingerprint density at radius 3 is 2.30 bits per heavy atom. The summed E-state index contributed by atoms with van der Waals surface area (Å²) in [6.45, 7) is 0.893. The molecule has 1 heterocycles. The van der Waals surface area contributed by atoms with Crippen molar-refractivity contribution in [2.75, 3.05) is 11.1 Å². The van der Waals surface area contributed by atoms with Crippen LogP contribution in [-0.4, -0.2) is 26.4 Å². The molecular weight excluding hydrogens is 437 g/mol. The van der Waals surface area contributed by atoms with Crippen molar-refractivity contribution in [1.82, 2.24) is 20.1 Å². The zero-order chi connectivity index (χ0) is 22.9. The van der Waals surface area contributed by atoms with Crippen molar-refractivity contribution < 1.29 is 9.18 Å². The number of anilines is 1. The van der Waals surface area contributed by atoms with Gasteiger partial charge < -0.3 is 10.6 Å². The van der Waals surface area contributed by atoms with E-state index in [0.717, 1.165) is 27.9 Å². The van der Waals surface area contributed by atoms with E-state index in [-0.39, 0.29) is 11.7 Å². The molecule has 4 aromatic rings. The minimum atomic E-state index is -0.289. The third-order valence-electron chi connectivity index (χ3n) is 4.90. The van der Waals surface area contributed by atoms with Crippen molar-refractivity contribution in [3.05, 3.63) is 102 Å². The van der Waals surface area contributed by atoms with E-state index in [9.17, 15) is 9.18 Å². The maximum absolute atomic E-state index is 13.0. The molecule has 1 aromatic heterocycles. The number of hydrogen-bond donors (Lipinski definition) is 2. The molecule has 8 heteroatoms. The van der Waals surface area contributed by atoms with E-state index >= 15 is 0 Å². The molecular formula is C25H24FN5OS. The number of benzene rings is 3. The van der Waals surface area contributed by atoms with Gasteiger partial charge in [-0.25, -0.2) is 4.39 Å². The van der Waals surface area contributed by atoms with Crippen molar-refractivity contribution in [1.29, 1.82) is 0 Å². The van der Waals surface area contributed by atoms with Crippen LogP contribution in [0.25, 0.3) is 5.69 Å². The molecule has 33 heavy (non-hydrogen) atoms. The summed E-state index contributed by atoms with van der Waals surface area (Å²) in [7, 11) is 0. The molecule has 0 spiro atoms. The van der Waals surface area contributed by atoms with Gasteiger partial charge in [0.25, 0.3) is 0 Å². The van der Waals surface area contributed by atoms with Gasteiger partial charge in [-0.1, -0.05) is 60.3 Å². The molecule has 1 amide bonds. The fraction of sp³-hybridized carbons (Fsp3) is 0.160. The number of hydrogen-bond acceptors (Lipinski definition) is 5. The average Bonchev–Trinajstić information content (AvgIpc) is 3.26. The van der Waals surface area contributed by atoms with E-state index in [1.54, 1.807) is 12.1 Å². The van der Waals surface area contributed by atoms with E-state index in [0.29, 0.717) is 25.3 Å². The van der Waals surface area contributed by atoms with Crippen molar-refractivity contribution >= 4 is 23.4 Å². The van der Waals surface area contributed by atoms with E-state index in [2.05, 4.69) is 20.8 Å². The molecule has 0 saturated carbocycles. The molecule has 0 unspecified atom stereocenters. The standard InChI is InChI=1S/C25H24FN5OS/c26-20-13-11-19(12-14-20)17-28-24(32)15-16-33-25-30-29-23(18-27-21-7-3-1-4-8-21)31(25)22-9-5-2-6-10-22/h1-14,27H,15-18H2,(H,28,32). The highest BCUT2D eigenvalue weighted by Gasteiger charge is 2.15. The normalized spacial score (nSPS) is 10.7. The fourth-order valence-electron chi connectivity index (χ4n) is 3.21. The number of carbonyl (C=O) groups excluding carboxylic acids is 1. The number of aromatic nitrogens is 3. The molecule has 0 atom stereocenters. The van der Waals surface area contributed by atoms with Crippen molar-refractivity contribution in [3.8, 4) is 5.69 Å². The van der Waals surface area contributed by atoms with Crippen LogP contribution in [0.5, 0.6) is 0 Å². The minimum absolute atomic E-state index is 0.0661. The van der Waals surface area contributed by atoms with E-state index in [4.69, 9.17) is 0 Å². The number of carbonyl (C=O) groups is 1. The monoisotopic (exact) mass is 461 g/mol. The molecule has 0 aliphatic rings. The summed E-state index contributed by atoms with van der Waals surface area (Å²) < 4.78 is 15.0. The van der Waals surface area contributed by atoms with Crippen LogP contribution in [0.1, 0.15) is 17.8 Å². The Bertz CT molecular complexity index is 1170. The number of halogens is 1. The van der Waals surface area contributed by atoms with Crippen LogP contribution < -0.4 is 10.6 Å². The second kappa shape index (κ2) is 11.3. The maximum atomic E-state index is 13.0. The molecule has 0 radical (unpaired) electrons. The average molecular weight is 462 g/mol. The van der Waals surface area contributed by atoms with Crippen LogP contribution in [-0.2, 0) is 17.9 Å². The highest BCUT2D eigenvalue weighted by molar-refractivity contribution is 7.99. The lowest BCUT2D eigenvalue weighted by Crippen LogP contribution is -2.23. The van der Waals surface area contributed by atoms with Gasteiger partial charge in [0.15, 0.2) is 11.0 Å². The van der Waals surface area contributed by atoms with E-state index < -0.39 is 0 Å². The Hall–Kier alpha value is -3.65. The molecule has 0 bridgehead atoms. The molecule has 3 aromatic carbocycles. The third kappa shape index (κ3) is 6.43. The number of thioether (sulfide) groups is 1. The molecule has 0 aliphatic carbocycles. The first-order valence-corrected chi connectivity index (χ1v) is 11.6. The summed E-state index contributed by atoms with van der Waals surface area (Å²) in [5.41, 5.74) is 2.83. The van der Waals surface area contributed by atoms with Crippen LogP contribution in [0, 0.1) is 5.82 Å². The third-order valence-corrected chi connectivity index (χ3v) is 5.83. The summed E-state index contributed by atoms with van der Waals surface area (Å²) in [5, 5.41) is 15.7. The predicted octanol–water partition coefficient (Wildman–Crippen LogP) is 4.82. The number of amides is 1. The van der Waals surface area contributed by atoms with Crippen molar-refractivity contribution in [2.24, 2.45) is 0 Å². The van der Waals surface area contributed by atoms with Crippen LogP contribution in [0.4, 0.5) is 10.1 Å². The Morgan fingerprint density at radius 2 is 1.58 bits per heavy atom. The predicted molar refractivity (Wildman–Crippen MR) is 129 cm³/mol. The summed E-state index contributed by atoms with van der Waals surface area (Å²) in [5.74, 6) is 0.992. The second-order valence-electron chi connectivity index (χ2n) is 7.29. The first-order chi connectivity index (χ1) is 16.2. The van der Waals surface area contributed by atoms with E-state index in [1.165, 1.54) is 23.9 Å². The van der Waals surface area contributed by atoms with Gasteiger partial charge in [0, 0.05) is 30.1 Å². The molecule has 0 fully saturated rings. The summed E-state index contributed by atoms with van der Waals surface area (Å²) in [6, 6.07) is 26.0. The van der Waals surface area contributed by atoms with Gasteiger partial charge in [0.2, 0.25) is 5.91 Å². The van der Waals surface area contributed by atoms with E-state index in [1.807, 2.05) is 65.2 Å². The van der Waals surface area contributed by atoms with Crippen LogP contribution in [0.3, 0.4) is 0 Å². The highest BCUT2D eigenvalue weighted by atomic mass is 32.2. The lowest BCUT2D eigenvalue weighted by molar-refractivity contribution is -0.120. The van der Waals surface area contributed by atoms with Crippen LogP contribution in [0.15, 0.2) is 90.1 Å². The highest BCUT2D eigenvalue weighted by Crippen LogP contribution is 2.23. The molecule has 2 N–H and O–H groups in total. The quantitative estimate of drug-likeness (QED) is 0.332. The minimum Gasteiger partial charge on any atom is -0.378 e. The maximum Gasteiger partial charge on any atom is 0.221 e. The van der Waals surface area contributed by atoms with Gasteiger partial charge in [-0.2, -0.15) is 0 Å². The first-order valence-electron chi connectivity index (χ1n) is 10.6. The van der Waals surface area contributed by atoms with Crippen molar-refractivity contribution in [3.63, 3.8) is 0 Å². The van der Waals surface area contributed by atoms with Gasteiger partial charge in [-0.3, -0.25) is 9.36 Å². The largest absolute Gasteiger partial charge is 0.378 e. The summed E-state index contributed by atoms with van der Waals surface area (Å²) >= 11 is 1.49. The summed E-state index contributed by atoms with van der Waals surface area (Å²) in [6.07, 6.45) is 0.338. The Balaban J connectivity index is 1.37. The number of para-hydroxylation sites is 2. The number of nitrogens with zero attached hydrogens (tertiary/aromatic N) is 3. The van der Waals surface area contributed by atoms with Gasteiger partial charge in [0.05, 0.1) is 6.54 Å². The Labute approximate surface area is 196 Å². The lowest BCUT2D eigenvalue weighted by atomic mass is 10.2. The molecule has 168 valence electrons. The van der Waals surface area contributed by atoms with Crippen molar-refractivity contribution in [2.45, 2.75) is 24.7 Å². The molecule has 0 saturated heterocycles. The lowest BCUT2D eigenvalue weighted by Gasteiger charge is -2.11. The first kappa shape index (κ1) is 22.5. The fourth-order valence-corrected chi connectivity index (χ4v) is 4.12. The topological polar surface area (TPSA) is 71.8 Å². The van der Waals surface area contributed by atoms with Gasteiger partial charge in [0.1, 0.15) is 5.82 Å². The summed E-state index contributed by atoms with van der Waals surface area (Å²) in [4.78, 5) is 12.2. The molecule has 4 rings (SSSR count). The number of nitrogens with one attached hydrogen (secondary N) is 2. The Kier molecular flexibility index (Phi) is 7.71. The van der Waals surface area contributed by atoms with Crippen LogP contribution >= 0.6 is 11.8 Å². The Morgan fingerprint density at radius 1 is 0.879 bits per heavy atom. The van der Waals surface area contributed by atoms with Gasteiger partial charge in [-0.05, 0) is 42.0 Å². The molecule has 6 nitrogen and oxygen atoms in total. The zero-order valence-electron chi connectivity index (χ0n) is 17.9. The zero-order valence-corrected chi connectivity index (χ0v) is 18.8. The van der Waals surface area contributed by atoms with Gasteiger partial charge >= 0.3 is 0 Å². The second-order valence-corrected chi connectivity index (χ2v) is 8.35. The smallest absolute Gasteiger partial charge is 0.221 e. The SMILES string of the molecule is O=C(CCSc1nnc(CNc2ccccc2)n1-c1ccccc1)NCc1ccc(F)cc1. The molecule has 0 aliphatic heterocycles. The number of rotatable bonds is 10.